The molecule has 2 heterocycles. The molecule has 99 heavy (non-hydrogen) atoms. The molecular formula is C85H163NO13. The fraction of sp³-hybridized carbons (Fsp3) is 0.941. The first kappa shape index (κ1) is 93.6. The molecule has 14 nitrogen and oxygen atoms in total. The Labute approximate surface area is 609 Å². The van der Waals surface area contributed by atoms with E-state index in [1.54, 1.807) is 6.08 Å². The maximum Gasteiger partial charge on any atom is 0.220 e. The van der Waals surface area contributed by atoms with Gasteiger partial charge in [0.1, 0.15) is 48.8 Å². The van der Waals surface area contributed by atoms with Crippen molar-refractivity contribution in [2.75, 3.05) is 19.8 Å². The van der Waals surface area contributed by atoms with Gasteiger partial charge in [0.2, 0.25) is 5.91 Å². The normalized spacial score (nSPS) is 22.0. The molecule has 0 bridgehead atoms. The van der Waals surface area contributed by atoms with E-state index in [0.29, 0.717) is 12.8 Å². The van der Waals surface area contributed by atoms with Crippen molar-refractivity contribution in [3.05, 3.63) is 24.3 Å². The van der Waals surface area contributed by atoms with Crippen LogP contribution in [0.2, 0.25) is 0 Å². The van der Waals surface area contributed by atoms with Gasteiger partial charge in [0.05, 0.1) is 32.0 Å². The van der Waals surface area contributed by atoms with Gasteiger partial charge in [0.15, 0.2) is 12.6 Å². The van der Waals surface area contributed by atoms with Gasteiger partial charge < -0.3 is 65.1 Å². The first-order valence-corrected chi connectivity index (χ1v) is 43.1. The lowest BCUT2D eigenvalue weighted by Crippen LogP contribution is -2.65. The van der Waals surface area contributed by atoms with Crippen LogP contribution >= 0.6 is 0 Å². The fourth-order valence-electron chi connectivity index (χ4n) is 14.6. The number of hydrogen-bond donors (Lipinski definition) is 9. The highest BCUT2D eigenvalue weighted by Crippen LogP contribution is 2.31. The van der Waals surface area contributed by atoms with Crippen LogP contribution in [0.1, 0.15) is 418 Å². The van der Waals surface area contributed by atoms with E-state index >= 15 is 0 Å². The summed E-state index contributed by atoms with van der Waals surface area (Å²) in [4.78, 5) is 13.4. The summed E-state index contributed by atoms with van der Waals surface area (Å²) in [5, 5.41) is 87.8. The number of amides is 1. The summed E-state index contributed by atoms with van der Waals surface area (Å²) in [6, 6.07) is -0.931. The molecule has 2 aliphatic heterocycles. The van der Waals surface area contributed by atoms with Crippen LogP contribution in [0.25, 0.3) is 0 Å². The van der Waals surface area contributed by atoms with E-state index in [-0.39, 0.29) is 18.9 Å². The van der Waals surface area contributed by atoms with Gasteiger partial charge in [0, 0.05) is 6.42 Å². The van der Waals surface area contributed by atoms with Crippen molar-refractivity contribution >= 4 is 5.91 Å². The highest BCUT2D eigenvalue weighted by atomic mass is 16.7. The number of aliphatic hydroxyl groups is 8. The number of ether oxygens (including phenoxy) is 4. The van der Waals surface area contributed by atoms with Gasteiger partial charge in [0.25, 0.3) is 0 Å². The summed E-state index contributed by atoms with van der Waals surface area (Å²) in [6.45, 7) is 2.87. The van der Waals surface area contributed by atoms with Crippen LogP contribution in [-0.2, 0) is 23.7 Å². The Morgan fingerprint density at radius 3 is 0.990 bits per heavy atom. The molecule has 14 heteroatoms. The second-order valence-electron chi connectivity index (χ2n) is 30.7. The van der Waals surface area contributed by atoms with Gasteiger partial charge >= 0.3 is 0 Å². The predicted octanol–water partition coefficient (Wildman–Crippen LogP) is 20.2. The van der Waals surface area contributed by atoms with E-state index in [0.717, 1.165) is 32.1 Å². The van der Waals surface area contributed by atoms with Crippen molar-refractivity contribution in [1.82, 2.24) is 5.32 Å². The maximum absolute atomic E-state index is 13.4. The molecule has 2 rings (SSSR count). The average molecular weight is 1410 g/mol. The Bertz CT molecular complexity index is 1760. The third-order valence-corrected chi connectivity index (χ3v) is 21.4. The first-order chi connectivity index (χ1) is 48.6. The smallest absolute Gasteiger partial charge is 0.220 e. The molecular weight excluding hydrogens is 1240 g/mol. The van der Waals surface area contributed by atoms with Crippen LogP contribution < -0.4 is 5.32 Å². The van der Waals surface area contributed by atoms with Gasteiger partial charge in [-0.25, -0.2) is 0 Å². The Morgan fingerprint density at radius 1 is 0.354 bits per heavy atom. The summed E-state index contributed by atoms with van der Waals surface area (Å²) in [7, 11) is 0. The molecule has 9 N–H and O–H groups in total. The largest absolute Gasteiger partial charge is 0.394 e. The number of unbranched alkanes of at least 4 members (excludes halogenated alkanes) is 59. The summed E-state index contributed by atoms with van der Waals surface area (Å²) in [5.41, 5.74) is 0. The number of carbonyl (C=O) groups is 1. The number of nitrogens with one attached hydrogen (secondary N) is 1. The quantitative estimate of drug-likeness (QED) is 0.0204. The van der Waals surface area contributed by atoms with E-state index in [9.17, 15) is 45.6 Å². The lowest BCUT2D eigenvalue weighted by Gasteiger charge is -2.46. The third kappa shape index (κ3) is 52.2. The number of rotatable bonds is 74. The Hall–Kier alpha value is -1.53. The summed E-state index contributed by atoms with van der Waals surface area (Å²) < 4.78 is 22.9. The molecule has 0 saturated carbocycles. The second-order valence-corrected chi connectivity index (χ2v) is 30.7. The minimum Gasteiger partial charge on any atom is -0.394 e. The molecule has 12 unspecified atom stereocenters. The van der Waals surface area contributed by atoms with Crippen LogP contribution in [-0.4, -0.2) is 140 Å². The number of aliphatic hydroxyl groups excluding tert-OH is 8. The lowest BCUT2D eigenvalue weighted by molar-refractivity contribution is -0.359. The SMILES string of the molecule is CCCCCCCCCCCCCCCCCCCCCCCCCCCC/C=C/CC/C=C/C(O)C(COC1OC(CO)C(OC2OC(CO)C(O)C(O)C2O)C(O)C1O)NC(=O)CCCCCCCCCCCCCCCCCCCCCCCCCCCCCCCCCCC. The zero-order chi connectivity index (χ0) is 71.5. The summed E-state index contributed by atoms with van der Waals surface area (Å²) >= 11 is 0. The molecule has 0 aromatic heterocycles. The highest BCUT2D eigenvalue weighted by molar-refractivity contribution is 5.76. The van der Waals surface area contributed by atoms with Gasteiger partial charge in [-0.3, -0.25) is 4.79 Å². The van der Waals surface area contributed by atoms with Crippen molar-refractivity contribution in [2.45, 2.75) is 492 Å². The molecule has 0 aromatic carbocycles. The summed E-state index contributed by atoms with van der Waals surface area (Å²) in [6.07, 6.45) is 74.4. The Kier molecular flexibility index (Phi) is 65.7. The average Bonchev–Trinajstić information content (AvgIpc) is 0.794. The molecule has 2 fully saturated rings. The topological polar surface area (TPSA) is 228 Å². The van der Waals surface area contributed by atoms with Crippen LogP contribution in [0.3, 0.4) is 0 Å². The van der Waals surface area contributed by atoms with Crippen LogP contribution in [0.5, 0.6) is 0 Å². The maximum atomic E-state index is 13.4. The van der Waals surface area contributed by atoms with Gasteiger partial charge in [-0.15, -0.1) is 0 Å². The van der Waals surface area contributed by atoms with Crippen molar-refractivity contribution in [3.8, 4) is 0 Å². The van der Waals surface area contributed by atoms with Crippen LogP contribution in [0, 0.1) is 0 Å². The van der Waals surface area contributed by atoms with E-state index in [1.165, 1.54) is 353 Å². The molecule has 1 amide bonds. The zero-order valence-corrected chi connectivity index (χ0v) is 64.5. The lowest BCUT2D eigenvalue weighted by atomic mass is 9.97. The molecule has 0 aliphatic carbocycles. The third-order valence-electron chi connectivity index (χ3n) is 21.4. The number of allylic oxidation sites excluding steroid dienone is 3. The van der Waals surface area contributed by atoms with Gasteiger partial charge in [-0.2, -0.15) is 0 Å². The Balaban J connectivity index is 1.59. The standard InChI is InChI=1S/C85H163NO13/c1-3-5-7-9-11-13-15-17-19-21-23-25-27-29-31-33-35-37-39-41-43-45-47-49-51-53-55-57-59-61-63-65-67-69-77(90)86-73(72-96-84-82(95)80(93)83(76(71-88)98-84)99-85-81(94)79(92)78(91)75(70-87)97-85)74(89)68-66-64-62-60-58-56-54-52-50-48-46-44-42-40-38-36-34-32-30-28-26-24-22-20-18-16-14-12-10-8-6-4-2/h58,60,66,68,73-76,78-85,87-89,91-95H,3-57,59,61-65,67,69-72H2,1-2H3,(H,86,90)/b60-58+,68-66+. The number of carbonyl (C=O) groups excluding carboxylic acids is 1. The summed E-state index contributed by atoms with van der Waals surface area (Å²) in [5.74, 6) is -0.239. The molecule has 2 saturated heterocycles. The van der Waals surface area contributed by atoms with Crippen LogP contribution in [0.15, 0.2) is 24.3 Å². The second kappa shape index (κ2) is 69.5. The molecule has 0 spiro atoms. The minimum absolute atomic E-state index is 0.239. The van der Waals surface area contributed by atoms with Crippen molar-refractivity contribution in [2.24, 2.45) is 0 Å². The van der Waals surface area contributed by atoms with Crippen molar-refractivity contribution < 1.29 is 64.6 Å². The van der Waals surface area contributed by atoms with Crippen molar-refractivity contribution in [1.29, 1.82) is 0 Å². The first-order valence-electron chi connectivity index (χ1n) is 43.1. The zero-order valence-electron chi connectivity index (χ0n) is 64.5. The van der Waals surface area contributed by atoms with Crippen molar-refractivity contribution in [3.63, 3.8) is 0 Å². The Morgan fingerprint density at radius 2 is 0.646 bits per heavy atom. The molecule has 12 atom stereocenters. The predicted molar refractivity (Wildman–Crippen MR) is 411 cm³/mol. The molecule has 2 aliphatic rings. The van der Waals surface area contributed by atoms with E-state index in [1.807, 2.05) is 6.08 Å². The molecule has 0 aromatic rings. The van der Waals surface area contributed by atoms with Gasteiger partial charge in [-0.1, -0.05) is 404 Å². The van der Waals surface area contributed by atoms with Crippen LogP contribution in [0.4, 0.5) is 0 Å². The molecule has 586 valence electrons. The fourth-order valence-corrected chi connectivity index (χ4v) is 14.6. The van der Waals surface area contributed by atoms with E-state index in [4.69, 9.17) is 18.9 Å². The van der Waals surface area contributed by atoms with E-state index in [2.05, 4.69) is 31.3 Å². The monoisotopic (exact) mass is 1410 g/mol. The van der Waals surface area contributed by atoms with Gasteiger partial charge in [-0.05, 0) is 32.1 Å². The number of hydrogen-bond acceptors (Lipinski definition) is 13. The van der Waals surface area contributed by atoms with E-state index < -0.39 is 86.8 Å². The minimum atomic E-state index is -1.79. The molecule has 0 radical (unpaired) electrons. The highest BCUT2D eigenvalue weighted by Gasteiger charge is 2.51.